The van der Waals surface area contributed by atoms with Gasteiger partial charge in [-0.05, 0) is 94.2 Å². The molecular formula is C31H45ClNO9PS. The number of benzene rings is 2. The SMILES string of the molecule is CC[C@@H](O)C(CCc1ccc(Sc2cc(C3CC3)ccc2OCOC)cc1Cl)(COP(=O)(OC)OC)NC(=O)OC(C)(C)C. The van der Waals surface area contributed by atoms with Crippen LogP contribution in [0.25, 0.3) is 0 Å². The molecule has 0 saturated heterocycles. The normalized spacial score (nSPS) is 15.8. The summed E-state index contributed by atoms with van der Waals surface area (Å²) >= 11 is 8.34. The van der Waals surface area contributed by atoms with Crippen LogP contribution in [0.15, 0.2) is 46.2 Å². The van der Waals surface area contributed by atoms with Crippen molar-refractivity contribution in [3.05, 3.63) is 52.5 Å². The first-order valence-electron chi connectivity index (χ1n) is 14.5. The molecule has 0 spiro atoms. The smallest absolute Gasteiger partial charge is 0.466 e. The number of aryl methyl sites for hydroxylation is 1. The number of nitrogens with one attached hydrogen (secondary N) is 1. The first-order valence-corrected chi connectivity index (χ1v) is 17.2. The Bertz CT molecular complexity index is 1300. The number of methoxy groups -OCH3 is 1. The number of hydrogen-bond donors (Lipinski definition) is 2. The number of phosphoric ester groups is 1. The van der Waals surface area contributed by atoms with Gasteiger partial charge in [0.1, 0.15) is 11.4 Å². The van der Waals surface area contributed by atoms with Crippen molar-refractivity contribution < 1.29 is 42.2 Å². The van der Waals surface area contributed by atoms with Gasteiger partial charge in [0, 0.05) is 31.2 Å². The lowest BCUT2D eigenvalue weighted by atomic mass is 9.85. The Morgan fingerprint density at radius 3 is 2.41 bits per heavy atom. The standard InChI is InChI=1S/C31H45ClNO9PS/c1-8-28(34)31(19-41-43(36,38-6)39-7,33-29(35)42-30(2,3)4)16-15-22-11-13-24(18-25(22)32)44-27-17-23(21-9-10-21)12-14-26(27)40-20-37-5/h11-14,17-18,21,28,34H,8-10,15-16,19-20H2,1-7H3,(H,33,35)/t28-,31?/m1/s1. The van der Waals surface area contributed by atoms with Gasteiger partial charge in [-0.15, -0.1) is 0 Å². The molecule has 2 aromatic rings. The summed E-state index contributed by atoms with van der Waals surface area (Å²) in [4.78, 5) is 14.8. The Kier molecular flexibility index (Phi) is 13.4. The Hall–Kier alpha value is -1.82. The fourth-order valence-corrected chi connectivity index (χ4v) is 6.66. The largest absolute Gasteiger partial charge is 0.474 e. The van der Waals surface area contributed by atoms with E-state index in [-0.39, 0.29) is 26.2 Å². The van der Waals surface area contributed by atoms with Crippen molar-refractivity contribution in [3.8, 4) is 5.75 Å². The minimum absolute atomic E-state index is 0.145. The average Bonchev–Trinajstić information content (AvgIpc) is 3.83. The second-order valence-electron chi connectivity index (χ2n) is 11.7. The molecule has 1 aliphatic rings. The zero-order valence-electron chi connectivity index (χ0n) is 26.5. The number of alkyl carbamates (subject to hydrolysis) is 1. The molecule has 0 aromatic heterocycles. The average molecular weight is 674 g/mol. The summed E-state index contributed by atoms with van der Waals surface area (Å²) in [7, 11) is 0.0437. The molecule has 2 N–H and O–H groups in total. The number of aliphatic hydroxyl groups excluding tert-OH is 1. The molecule has 0 heterocycles. The highest BCUT2D eigenvalue weighted by atomic mass is 35.5. The summed E-state index contributed by atoms with van der Waals surface area (Å²) in [6.07, 6.45) is 1.34. The van der Waals surface area contributed by atoms with Gasteiger partial charge in [0.25, 0.3) is 0 Å². The van der Waals surface area contributed by atoms with Crippen LogP contribution in [0.5, 0.6) is 5.75 Å². The highest BCUT2D eigenvalue weighted by Crippen LogP contribution is 2.49. The highest BCUT2D eigenvalue weighted by Gasteiger charge is 2.42. The van der Waals surface area contributed by atoms with Crippen molar-refractivity contribution in [1.82, 2.24) is 5.32 Å². The molecule has 2 atom stereocenters. The van der Waals surface area contributed by atoms with Gasteiger partial charge < -0.3 is 24.6 Å². The third-order valence-corrected chi connectivity index (χ3v) is 9.86. The molecule has 1 fully saturated rings. The second-order valence-corrected chi connectivity index (χ2v) is 15.1. The van der Waals surface area contributed by atoms with Crippen molar-refractivity contribution in [2.24, 2.45) is 0 Å². The molecule has 10 nitrogen and oxygen atoms in total. The van der Waals surface area contributed by atoms with Gasteiger partial charge >= 0.3 is 13.9 Å². The number of carbonyl (C=O) groups is 1. The van der Waals surface area contributed by atoms with E-state index in [4.69, 9.17) is 39.4 Å². The van der Waals surface area contributed by atoms with Gasteiger partial charge in [-0.25, -0.2) is 9.36 Å². The molecule has 2 aromatic carbocycles. The summed E-state index contributed by atoms with van der Waals surface area (Å²) in [6.45, 7) is 6.75. The van der Waals surface area contributed by atoms with Crippen LogP contribution in [-0.4, -0.2) is 63.2 Å². The number of amides is 1. The molecule has 246 valence electrons. The Labute approximate surface area is 270 Å². The lowest BCUT2D eigenvalue weighted by Crippen LogP contribution is -2.60. The van der Waals surface area contributed by atoms with Crippen molar-refractivity contribution in [1.29, 1.82) is 0 Å². The Balaban J connectivity index is 1.85. The number of ether oxygens (including phenoxy) is 3. The van der Waals surface area contributed by atoms with Gasteiger partial charge in [0.05, 0.1) is 23.1 Å². The lowest BCUT2D eigenvalue weighted by Gasteiger charge is -2.39. The number of rotatable bonds is 17. The molecule has 0 bridgehead atoms. The summed E-state index contributed by atoms with van der Waals surface area (Å²) in [6, 6.07) is 12.0. The number of carbonyl (C=O) groups excluding carboxylic acids is 1. The molecule has 1 saturated carbocycles. The van der Waals surface area contributed by atoms with E-state index >= 15 is 0 Å². The van der Waals surface area contributed by atoms with Crippen molar-refractivity contribution >= 4 is 37.3 Å². The first kappa shape index (κ1) is 36.6. The quantitative estimate of drug-likeness (QED) is 0.127. The summed E-state index contributed by atoms with van der Waals surface area (Å²) in [5.41, 5.74) is -0.112. The van der Waals surface area contributed by atoms with E-state index in [9.17, 15) is 14.5 Å². The predicted octanol–water partition coefficient (Wildman–Crippen LogP) is 7.74. The second kappa shape index (κ2) is 16.1. The van der Waals surface area contributed by atoms with Crippen LogP contribution >= 0.6 is 31.2 Å². The molecule has 3 rings (SSSR count). The molecule has 13 heteroatoms. The topological polar surface area (TPSA) is 122 Å². The van der Waals surface area contributed by atoms with Crippen LogP contribution in [0.4, 0.5) is 4.79 Å². The Morgan fingerprint density at radius 1 is 1.14 bits per heavy atom. The monoisotopic (exact) mass is 673 g/mol. The minimum Gasteiger partial charge on any atom is -0.466 e. The summed E-state index contributed by atoms with van der Waals surface area (Å²) < 4.78 is 44.5. The maximum absolute atomic E-state index is 12.9. The molecule has 0 aliphatic heterocycles. The van der Waals surface area contributed by atoms with E-state index in [1.54, 1.807) is 46.6 Å². The Morgan fingerprint density at radius 2 is 1.84 bits per heavy atom. The van der Waals surface area contributed by atoms with E-state index in [1.165, 1.54) is 32.6 Å². The molecule has 1 aliphatic carbocycles. The fourth-order valence-electron chi connectivity index (χ4n) is 4.58. The first-order chi connectivity index (χ1) is 20.8. The van der Waals surface area contributed by atoms with Gasteiger partial charge in [0.2, 0.25) is 0 Å². The van der Waals surface area contributed by atoms with E-state index < -0.39 is 31.2 Å². The van der Waals surface area contributed by atoms with Crippen LogP contribution in [-0.2, 0) is 34.0 Å². The van der Waals surface area contributed by atoms with E-state index in [0.717, 1.165) is 21.1 Å². The third-order valence-electron chi connectivity index (χ3n) is 7.14. The fraction of sp³-hybridized carbons (Fsp3) is 0.581. The molecule has 44 heavy (non-hydrogen) atoms. The number of hydrogen-bond acceptors (Lipinski definition) is 10. The van der Waals surface area contributed by atoms with Crippen molar-refractivity contribution in [2.75, 3.05) is 34.7 Å². The van der Waals surface area contributed by atoms with Crippen LogP contribution in [0.3, 0.4) is 0 Å². The van der Waals surface area contributed by atoms with Gasteiger partial charge in [0.15, 0.2) is 6.79 Å². The maximum atomic E-state index is 12.9. The zero-order valence-corrected chi connectivity index (χ0v) is 29.0. The summed E-state index contributed by atoms with van der Waals surface area (Å²) in [5.74, 6) is 1.33. The molecular weight excluding hydrogens is 629 g/mol. The number of halogens is 1. The molecule has 1 unspecified atom stereocenters. The maximum Gasteiger partial charge on any atom is 0.474 e. The molecule has 1 amide bonds. The van der Waals surface area contributed by atoms with Crippen LogP contribution in [0, 0.1) is 0 Å². The van der Waals surface area contributed by atoms with Gasteiger partial charge in [-0.1, -0.05) is 42.4 Å². The van der Waals surface area contributed by atoms with Gasteiger partial charge in [-0.2, -0.15) is 0 Å². The summed E-state index contributed by atoms with van der Waals surface area (Å²) in [5, 5.41) is 14.5. The highest BCUT2D eigenvalue weighted by molar-refractivity contribution is 7.99. The van der Waals surface area contributed by atoms with Gasteiger partial charge in [-0.3, -0.25) is 13.6 Å². The van der Waals surface area contributed by atoms with E-state index in [1.807, 2.05) is 24.3 Å². The van der Waals surface area contributed by atoms with E-state index in [0.29, 0.717) is 17.4 Å². The third kappa shape index (κ3) is 10.6. The number of phosphoric acid groups is 1. The lowest BCUT2D eigenvalue weighted by molar-refractivity contribution is -0.00779. The minimum atomic E-state index is -3.92. The van der Waals surface area contributed by atoms with Crippen LogP contribution < -0.4 is 10.1 Å². The van der Waals surface area contributed by atoms with Crippen molar-refractivity contribution in [2.45, 2.75) is 92.8 Å². The molecule has 0 radical (unpaired) electrons. The van der Waals surface area contributed by atoms with Crippen molar-refractivity contribution in [3.63, 3.8) is 0 Å². The van der Waals surface area contributed by atoms with E-state index in [2.05, 4.69) is 17.4 Å². The zero-order chi connectivity index (χ0) is 32.5. The van der Waals surface area contributed by atoms with Crippen LogP contribution in [0.1, 0.15) is 70.4 Å². The predicted molar refractivity (Wildman–Crippen MR) is 171 cm³/mol. The number of aliphatic hydroxyl groups is 1. The van der Waals surface area contributed by atoms with Crippen LogP contribution in [0.2, 0.25) is 5.02 Å².